The van der Waals surface area contributed by atoms with Crippen LogP contribution < -0.4 is 0 Å². The third-order valence-electron chi connectivity index (χ3n) is 10.9. The summed E-state index contributed by atoms with van der Waals surface area (Å²) in [6.07, 6.45) is 15.2. The summed E-state index contributed by atoms with van der Waals surface area (Å²) in [5, 5.41) is 20.7. The number of hydrogen-bond acceptors (Lipinski definition) is 2. The van der Waals surface area contributed by atoms with Crippen molar-refractivity contribution in [3.8, 4) is 0 Å². The largest absolute Gasteiger partial charge is 0.393 e. The van der Waals surface area contributed by atoms with Gasteiger partial charge in [-0.05, 0) is 116 Å². The van der Waals surface area contributed by atoms with Gasteiger partial charge in [-0.1, -0.05) is 68.7 Å². The van der Waals surface area contributed by atoms with Crippen molar-refractivity contribution in [2.75, 3.05) is 0 Å². The highest BCUT2D eigenvalue weighted by molar-refractivity contribution is 5.09. The van der Waals surface area contributed by atoms with Crippen molar-refractivity contribution in [3.63, 3.8) is 0 Å². The Morgan fingerprint density at radius 3 is 2.06 bits per heavy atom. The highest BCUT2D eigenvalue weighted by atomic mass is 16.3. The molecule has 2 N–H and O–H groups in total. The molecule has 4 fully saturated rings. The van der Waals surface area contributed by atoms with Crippen LogP contribution in [0.15, 0.2) is 0 Å². The Morgan fingerprint density at radius 2 is 1.42 bits per heavy atom. The lowest BCUT2D eigenvalue weighted by molar-refractivity contribution is -0.127. The molecule has 0 spiro atoms. The molecule has 0 aliphatic heterocycles. The predicted octanol–water partition coefficient (Wildman–Crippen LogP) is 8.64. The molecule has 0 aromatic rings. The molecule has 0 heterocycles. The number of fused-ring (bicyclic) bond motifs is 5. The number of rotatable bonds is 4. The van der Waals surface area contributed by atoms with Gasteiger partial charge in [0.15, 0.2) is 0 Å². The zero-order chi connectivity index (χ0) is 25.0. The maximum absolute atomic E-state index is 10.4. The van der Waals surface area contributed by atoms with E-state index >= 15 is 0 Å². The highest BCUT2D eigenvalue weighted by Gasteiger charge is 2.59. The second-order valence-electron chi connectivity index (χ2n) is 13.2. The number of aliphatic hydroxyl groups excluding tert-OH is 2. The van der Waals surface area contributed by atoms with Crippen molar-refractivity contribution >= 4 is 0 Å². The summed E-state index contributed by atoms with van der Waals surface area (Å²) < 4.78 is 0. The summed E-state index contributed by atoms with van der Waals surface area (Å²) in [6.45, 7) is 19.7. The Labute approximate surface area is 207 Å². The molecule has 196 valence electrons. The van der Waals surface area contributed by atoms with Gasteiger partial charge in [0.2, 0.25) is 0 Å². The molecule has 2 heteroatoms. The lowest BCUT2D eigenvalue weighted by Crippen LogP contribution is -2.53. The quantitative estimate of drug-likeness (QED) is 0.437. The Bertz CT molecular complexity index is 580. The van der Waals surface area contributed by atoms with Gasteiger partial charge in [0.1, 0.15) is 0 Å². The maximum atomic E-state index is 10.4. The van der Waals surface area contributed by atoms with Crippen LogP contribution >= 0.6 is 0 Å². The molecule has 7 unspecified atom stereocenters. The third kappa shape index (κ3) is 5.84. The van der Waals surface area contributed by atoms with Crippen LogP contribution in [0.2, 0.25) is 0 Å². The minimum Gasteiger partial charge on any atom is -0.393 e. The summed E-state index contributed by atoms with van der Waals surface area (Å²) >= 11 is 0. The minimum atomic E-state index is -0.167. The highest BCUT2D eigenvalue weighted by Crippen LogP contribution is 2.67. The second-order valence-corrected chi connectivity index (χ2v) is 13.2. The van der Waals surface area contributed by atoms with Gasteiger partial charge in [0.05, 0.1) is 12.2 Å². The van der Waals surface area contributed by atoms with Crippen molar-refractivity contribution in [1.29, 1.82) is 0 Å². The van der Waals surface area contributed by atoms with Crippen LogP contribution in [-0.2, 0) is 0 Å². The second kappa shape index (κ2) is 11.8. The van der Waals surface area contributed by atoms with Gasteiger partial charge in [-0.25, -0.2) is 0 Å². The van der Waals surface area contributed by atoms with E-state index < -0.39 is 0 Å². The van der Waals surface area contributed by atoms with Gasteiger partial charge >= 0.3 is 0 Å². The molecule has 0 bridgehead atoms. The lowest BCUT2D eigenvalue weighted by Gasteiger charge is -2.61. The normalized spacial score (nSPS) is 43.0. The van der Waals surface area contributed by atoms with E-state index in [9.17, 15) is 10.2 Å². The van der Waals surface area contributed by atoms with Crippen LogP contribution in [0.5, 0.6) is 0 Å². The van der Waals surface area contributed by atoms with Gasteiger partial charge in [-0.3, -0.25) is 0 Å². The van der Waals surface area contributed by atoms with Crippen LogP contribution in [0.4, 0.5) is 0 Å². The molecule has 0 amide bonds. The zero-order valence-electron chi connectivity index (χ0n) is 23.9. The molecule has 4 aliphatic rings. The molecule has 33 heavy (non-hydrogen) atoms. The molecule has 4 aliphatic carbocycles. The molecule has 9 atom stereocenters. The Hall–Kier alpha value is -0.0800. The summed E-state index contributed by atoms with van der Waals surface area (Å²) in [4.78, 5) is 0. The number of aliphatic hydroxyl groups is 2. The standard InChI is InChI=1S/C27H48O2.2C2H6/c1-25(2,3)24(29)8-6-7-18-10-12-22-21-11-9-19-17-20(28)13-15-27(19,5)23(21)14-16-26(18,22)4;2*1-2/h18-24,28-29H,6-17H2,1-5H3;2*1-2H3/t18-,19?,20?,21?,22?,23?,24?,26?,27-;;/m0../s1. The molecule has 0 radical (unpaired) electrons. The van der Waals surface area contributed by atoms with Gasteiger partial charge in [0, 0.05) is 0 Å². The smallest absolute Gasteiger partial charge is 0.0588 e. The van der Waals surface area contributed by atoms with E-state index in [1.165, 1.54) is 57.8 Å². The topological polar surface area (TPSA) is 40.5 Å². The average Bonchev–Trinajstić information content (AvgIpc) is 3.12. The molecule has 4 rings (SSSR count). The van der Waals surface area contributed by atoms with Crippen LogP contribution in [0.3, 0.4) is 0 Å². The summed E-state index contributed by atoms with van der Waals surface area (Å²) in [5.74, 6) is 4.43. The maximum Gasteiger partial charge on any atom is 0.0588 e. The Kier molecular flexibility index (Phi) is 10.4. The van der Waals surface area contributed by atoms with Crippen LogP contribution in [0.25, 0.3) is 0 Å². The Morgan fingerprint density at radius 1 is 0.818 bits per heavy atom. The summed E-state index contributed by atoms with van der Waals surface area (Å²) in [7, 11) is 0. The van der Waals surface area contributed by atoms with Gasteiger partial charge in [0.25, 0.3) is 0 Å². The van der Waals surface area contributed by atoms with E-state index in [1.54, 1.807) is 0 Å². The van der Waals surface area contributed by atoms with E-state index in [4.69, 9.17) is 0 Å². The summed E-state index contributed by atoms with van der Waals surface area (Å²) in [6, 6.07) is 0. The van der Waals surface area contributed by atoms with Crippen LogP contribution in [0.1, 0.15) is 139 Å². The molecule has 2 nitrogen and oxygen atoms in total. The lowest BCUT2D eigenvalue weighted by atomic mass is 9.44. The molecular weight excluding hydrogens is 404 g/mol. The van der Waals surface area contributed by atoms with E-state index in [0.29, 0.717) is 10.8 Å². The molecule has 4 saturated carbocycles. The van der Waals surface area contributed by atoms with Crippen molar-refractivity contribution < 1.29 is 10.2 Å². The van der Waals surface area contributed by atoms with E-state index in [1.807, 2.05) is 27.7 Å². The van der Waals surface area contributed by atoms with Crippen molar-refractivity contribution in [2.45, 2.75) is 152 Å². The fraction of sp³-hybridized carbons (Fsp3) is 1.00. The fourth-order valence-electron chi connectivity index (χ4n) is 8.81. The van der Waals surface area contributed by atoms with E-state index in [-0.39, 0.29) is 17.6 Å². The van der Waals surface area contributed by atoms with Crippen molar-refractivity contribution in [3.05, 3.63) is 0 Å². The van der Waals surface area contributed by atoms with Crippen molar-refractivity contribution in [2.24, 2.45) is 45.8 Å². The molecule has 0 saturated heterocycles. The van der Waals surface area contributed by atoms with E-state index in [2.05, 4.69) is 34.6 Å². The van der Waals surface area contributed by atoms with Gasteiger partial charge in [-0.15, -0.1) is 0 Å². The zero-order valence-corrected chi connectivity index (χ0v) is 23.9. The van der Waals surface area contributed by atoms with Crippen molar-refractivity contribution in [1.82, 2.24) is 0 Å². The SMILES string of the molecule is CC.CC.CC(C)(C)C(O)CCC[C@H]1CCC2C3CCC4CC(O)CC[C@]4(C)C3CCC21C. The van der Waals surface area contributed by atoms with Crippen LogP contribution in [0, 0.1) is 45.8 Å². The Balaban J connectivity index is 0.000000914. The first-order valence-electron chi connectivity index (χ1n) is 14.9. The number of hydrogen-bond donors (Lipinski definition) is 2. The monoisotopic (exact) mass is 464 g/mol. The fourth-order valence-corrected chi connectivity index (χ4v) is 8.81. The first-order valence-corrected chi connectivity index (χ1v) is 14.9. The third-order valence-corrected chi connectivity index (χ3v) is 10.9. The van der Waals surface area contributed by atoms with Crippen LogP contribution in [-0.4, -0.2) is 22.4 Å². The van der Waals surface area contributed by atoms with E-state index in [0.717, 1.165) is 48.9 Å². The molecule has 0 aromatic heterocycles. The predicted molar refractivity (Wildman–Crippen MR) is 143 cm³/mol. The first kappa shape index (κ1) is 29.2. The molecule has 0 aromatic carbocycles. The summed E-state index contributed by atoms with van der Waals surface area (Å²) in [5.41, 5.74) is 1.06. The molecular formula is C31H60O2. The van der Waals surface area contributed by atoms with Gasteiger partial charge in [-0.2, -0.15) is 0 Å². The van der Waals surface area contributed by atoms with Gasteiger partial charge < -0.3 is 10.2 Å². The first-order chi connectivity index (χ1) is 15.6. The minimum absolute atomic E-state index is 0.0157. The average molecular weight is 465 g/mol.